The molecule has 7 nitrogen and oxygen atoms in total. The Morgan fingerprint density at radius 1 is 1.22 bits per heavy atom. The topological polar surface area (TPSA) is 107 Å². The molecule has 1 fully saturated rings. The number of carbonyl (C=O) groups is 1. The van der Waals surface area contributed by atoms with Crippen LogP contribution < -0.4 is 5.73 Å². The molecule has 1 aliphatic rings. The maximum absolute atomic E-state index is 11.5. The smallest absolute Gasteiger partial charge is 0.354 e. The molecule has 140 valence electrons. The van der Waals surface area contributed by atoms with Crippen LogP contribution in [0.4, 0.5) is 5.95 Å². The molecule has 3 N–H and O–H groups in total. The summed E-state index contributed by atoms with van der Waals surface area (Å²) in [5.74, 6) is -0.215. The molecule has 0 radical (unpaired) electrons. The molecule has 1 saturated carbocycles. The van der Waals surface area contributed by atoms with Gasteiger partial charge in [0.2, 0.25) is 5.95 Å². The van der Waals surface area contributed by atoms with Crippen molar-refractivity contribution in [1.29, 1.82) is 0 Å². The number of pyridine rings is 2. The van der Waals surface area contributed by atoms with Gasteiger partial charge in [0.1, 0.15) is 0 Å². The van der Waals surface area contributed by atoms with E-state index < -0.39 is 5.97 Å². The van der Waals surface area contributed by atoms with Crippen LogP contribution in [-0.2, 0) is 6.54 Å². The lowest BCUT2D eigenvalue weighted by Gasteiger charge is -2.23. The maximum atomic E-state index is 11.5. The number of hydrogen-bond donors (Lipinski definition) is 2. The summed E-state index contributed by atoms with van der Waals surface area (Å²) < 4.78 is 1.96. The summed E-state index contributed by atoms with van der Waals surface area (Å²) in [6.07, 6.45) is 9.19. The second kappa shape index (κ2) is 7.15. The van der Waals surface area contributed by atoms with Crippen molar-refractivity contribution in [3.05, 3.63) is 35.2 Å². The lowest BCUT2D eigenvalue weighted by atomic mass is 9.89. The van der Waals surface area contributed by atoms with Gasteiger partial charge in [-0.25, -0.2) is 14.8 Å². The van der Waals surface area contributed by atoms with Crippen molar-refractivity contribution in [3.8, 4) is 11.3 Å². The van der Waals surface area contributed by atoms with E-state index in [4.69, 9.17) is 17.3 Å². The number of carboxylic acid groups (broad SMARTS) is 1. The van der Waals surface area contributed by atoms with Crippen molar-refractivity contribution in [1.82, 2.24) is 19.5 Å². The molecule has 0 spiro atoms. The number of nitrogen functional groups attached to an aromatic ring is 1. The molecule has 8 heteroatoms. The summed E-state index contributed by atoms with van der Waals surface area (Å²) in [7, 11) is 0. The molecule has 1 aliphatic carbocycles. The van der Waals surface area contributed by atoms with E-state index in [1.54, 1.807) is 12.3 Å². The number of aromatic carboxylic acids is 1. The van der Waals surface area contributed by atoms with E-state index in [1.807, 2.05) is 4.57 Å². The number of nitrogens with two attached hydrogens (primary N) is 1. The summed E-state index contributed by atoms with van der Waals surface area (Å²) in [4.78, 5) is 24.4. The minimum atomic E-state index is -1.12. The largest absolute Gasteiger partial charge is 0.477 e. The summed E-state index contributed by atoms with van der Waals surface area (Å²) in [5, 5.41) is 9.89. The van der Waals surface area contributed by atoms with Crippen molar-refractivity contribution >= 4 is 34.6 Å². The lowest BCUT2D eigenvalue weighted by Crippen LogP contribution is -2.16. The fraction of sp³-hybridized carbons (Fsp3) is 0.368. The highest BCUT2D eigenvalue weighted by Crippen LogP contribution is 2.33. The van der Waals surface area contributed by atoms with Crippen LogP contribution in [0.1, 0.15) is 42.6 Å². The Hall–Kier alpha value is -2.67. The number of nitrogens with zero attached hydrogens (tertiary/aromatic N) is 4. The van der Waals surface area contributed by atoms with Crippen LogP contribution in [0, 0.1) is 5.92 Å². The highest BCUT2D eigenvalue weighted by molar-refractivity contribution is 6.30. The Morgan fingerprint density at radius 2 is 2.00 bits per heavy atom. The zero-order valence-electron chi connectivity index (χ0n) is 14.7. The SMILES string of the molecule is Nc1nc2cc(C(=O)O)nc(-c3cncc(Cl)c3)c2n1CC1CCCCC1. The highest BCUT2D eigenvalue weighted by Gasteiger charge is 2.22. The second-order valence-corrected chi connectivity index (χ2v) is 7.44. The Balaban J connectivity index is 1.91. The molecule has 0 unspecified atom stereocenters. The Labute approximate surface area is 161 Å². The average Bonchev–Trinajstić information content (AvgIpc) is 2.97. The van der Waals surface area contributed by atoms with Gasteiger partial charge >= 0.3 is 5.97 Å². The monoisotopic (exact) mass is 385 g/mol. The van der Waals surface area contributed by atoms with Gasteiger partial charge < -0.3 is 15.4 Å². The van der Waals surface area contributed by atoms with Gasteiger partial charge in [0.15, 0.2) is 5.69 Å². The highest BCUT2D eigenvalue weighted by atomic mass is 35.5. The number of carboxylic acids is 1. The number of rotatable bonds is 4. The molecular formula is C19H20ClN5O2. The lowest BCUT2D eigenvalue weighted by molar-refractivity contribution is 0.0691. The van der Waals surface area contributed by atoms with Crippen molar-refractivity contribution < 1.29 is 9.90 Å². The van der Waals surface area contributed by atoms with Gasteiger partial charge in [-0.2, -0.15) is 0 Å². The summed E-state index contributed by atoms with van der Waals surface area (Å²) in [6.45, 7) is 0.747. The molecule has 0 aliphatic heterocycles. The normalized spacial score (nSPS) is 15.3. The van der Waals surface area contributed by atoms with Gasteiger partial charge in [0.25, 0.3) is 0 Å². The van der Waals surface area contributed by atoms with E-state index in [0.29, 0.717) is 33.7 Å². The van der Waals surface area contributed by atoms with E-state index in [9.17, 15) is 9.90 Å². The fourth-order valence-electron chi connectivity index (χ4n) is 3.84. The third-order valence-electron chi connectivity index (χ3n) is 5.12. The fourth-order valence-corrected chi connectivity index (χ4v) is 4.01. The first kappa shape index (κ1) is 17.7. The van der Waals surface area contributed by atoms with E-state index in [0.717, 1.165) is 24.9 Å². The average molecular weight is 386 g/mol. The van der Waals surface area contributed by atoms with Crippen molar-refractivity contribution in [3.63, 3.8) is 0 Å². The minimum absolute atomic E-state index is 0.0835. The molecule has 0 amide bonds. The molecule has 27 heavy (non-hydrogen) atoms. The first-order valence-corrected chi connectivity index (χ1v) is 9.41. The number of halogens is 1. The standard InChI is InChI=1S/C19H20ClN5O2/c20-13-6-12(8-22-9-13)16-17-14(7-15(23-16)18(26)27)24-19(21)25(17)10-11-4-2-1-3-5-11/h6-9,11H,1-5,10H2,(H2,21,24)(H,26,27). The van der Waals surface area contributed by atoms with Gasteiger partial charge in [0.05, 0.1) is 21.7 Å². The predicted molar refractivity (Wildman–Crippen MR) is 104 cm³/mol. The molecule has 0 saturated heterocycles. The molecule has 3 heterocycles. The summed E-state index contributed by atoms with van der Waals surface area (Å²) in [5.41, 5.74) is 8.50. The summed E-state index contributed by atoms with van der Waals surface area (Å²) >= 11 is 6.10. The van der Waals surface area contributed by atoms with Crippen LogP contribution in [-0.4, -0.2) is 30.6 Å². The third-order valence-corrected chi connectivity index (χ3v) is 5.32. The molecule has 0 aromatic carbocycles. The van der Waals surface area contributed by atoms with Crippen LogP contribution in [0.5, 0.6) is 0 Å². The number of imidazole rings is 1. The second-order valence-electron chi connectivity index (χ2n) is 7.01. The zero-order valence-corrected chi connectivity index (χ0v) is 15.5. The van der Waals surface area contributed by atoms with Crippen molar-refractivity contribution in [2.75, 3.05) is 5.73 Å². The third kappa shape index (κ3) is 3.47. The molecule has 0 bridgehead atoms. The van der Waals surface area contributed by atoms with Gasteiger partial charge in [-0.05, 0) is 30.9 Å². The first-order valence-electron chi connectivity index (χ1n) is 9.04. The van der Waals surface area contributed by atoms with Crippen molar-refractivity contribution in [2.45, 2.75) is 38.6 Å². The Morgan fingerprint density at radius 3 is 2.70 bits per heavy atom. The maximum Gasteiger partial charge on any atom is 0.354 e. The van der Waals surface area contributed by atoms with Gasteiger partial charge in [-0.1, -0.05) is 30.9 Å². The molecule has 3 aromatic rings. The molecule has 0 atom stereocenters. The van der Waals surface area contributed by atoms with E-state index in [2.05, 4.69) is 15.0 Å². The van der Waals surface area contributed by atoms with Gasteiger partial charge in [0, 0.05) is 24.5 Å². The van der Waals surface area contributed by atoms with Crippen LogP contribution in [0.15, 0.2) is 24.5 Å². The van der Waals surface area contributed by atoms with E-state index >= 15 is 0 Å². The van der Waals surface area contributed by atoms with Gasteiger partial charge in [-0.15, -0.1) is 0 Å². The Kier molecular flexibility index (Phi) is 4.70. The summed E-state index contributed by atoms with van der Waals surface area (Å²) in [6, 6.07) is 3.18. The Bertz CT molecular complexity index is 1010. The number of hydrogen-bond acceptors (Lipinski definition) is 5. The van der Waals surface area contributed by atoms with Crippen LogP contribution >= 0.6 is 11.6 Å². The van der Waals surface area contributed by atoms with Crippen molar-refractivity contribution in [2.24, 2.45) is 5.92 Å². The van der Waals surface area contributed by atoms with Crippen LogP contribution in [0.25, 0.3) is 22.3 Å². The van der Waals surface area contributed by atoms with Crippen LogP contribution in [0.3, 0.4) is 0 Å². The number of aromatic nitrogens is 4. The zero-order chi connectivity index (χ0) is 19.0. The molecular weight excluding hydrogens is 366 g/mol. The minimum Gasteiger partial charge on any atom is -0.477 e. The van der Waals surface area contributed by atoms with E-state index in [-0.39, 0.29) is 5.69 Å². The quantitative estimate of drug-likeness (QED) is 0.702. The molecule has 4 rings (SSSR count). The number of fused-ring (bicyclic) bond motifs is 1. The van der Waals surface area contributed by atoms with E-state index in [1.165, 1.54) is 31.5 Å². The van der Waals surface area contributed by atoms with Crippen LogP contribution in [0.2, 0.25) is 5.02 Å². The molecule has 3 aromatic heterocycles. The number of anilines is 1. The first-order chi connectivity index (χ1) is 13.0. The predicted octanol–water partition coefficient (Wildman–Crippen LogP) is 4.01. The van der Waals surface area contributed by atoms with Gasteiger partial charge in [-0.3, -0.25) is 4.98 Å².